The SMILES string of the molecule is CC(=O)NC(CC(=O)NCc1ccnc(N2CCOCC2)c1)c1ccc(Br)cc1. The molecule has 1 aliphatic rings. The Morgan fingerprint density at radius 3 is 2.62 bits per heavy atom. The molecule has 2 N–H and O–H groups in total. The number of nitrogens with zero attached hydrogens (tertiary/aromatic N) is 2. The van der Waals surface area contributed by atoms with Gasteiger partial charge in [0.05, 0.1) is 25.7 Å². The highest BCUT2D eigenvalue weighted by Crippen LogP contribution is 2.20. The van der Waals surface area contributed by atoms with Crippen LogP contribution < -0.4 is 15.5 Å². The van der Waals surface area contributed by atoms with Crippen LogP contribution in [0.5, 0.6) is 0 Å². The predicted molar refractivity (Wildman–Crippen MR) is 114 cm³/mol. The quantitative estimate of drug-likeness (QED) is 0.663. The molecule has 2 aromatic rings. The van der Waals surface area contributed by atoms with E-state index in [4.69, 9.17) is 4.74 Å². The van der Waals surface area contributed by atoms with Gasteiger partial charge in [0.1, 0.15) is 5.82 Å². The molecule has 0 saturated carbocycles. The first kappa shape index (κ1) is 21.3. The van der Waals surface area contributed by atoms with Crippen molar-refractivity contribution in [1.29, 1.82) is 0 Å². The molecule has 0 radical (unpaired) electrons. The van der Waals surface area contributed by atoms with E-state index in [-0.39, 0.29) is 24.3 Å². The van der Waals surface area contributed by atoms with E-state index in [2.05, 4.69) is 36.4 Å². The van der Waals surface area contributed by atoms with E-state index in [0.29, 0.717) is 19.8 Å². The second-order valence-corrected chi connectivity index (χ2v) is 7.82. The number of rotatable bonds is 7. The summed E-state index contributed by atoms with van der Waals surface area (Å²) >= 11 is 3.40. The van der Waals surface area contributed by atoms with E-state index in [0.717, 1.165) is 34.5 Å². The Hall–Kier alpha value is -2.45. The van der Waals surface area contributed by atoms with Crippen LogP contribution in [0.3, 0.4) is 0 Å². The van der Waals surface area contributed by atoms with Crippen LogP contribution in [0.4, 0.5) is 5.82 Å². The minimum absolute atomic E-state index is 0.128. The summed E-state index contributed by atoms with van der Waals surface area (Å²) in [6.07, 6.45) is 1.93. The van der Waals surface area contributed by atoms with Crippen LogP contribution in [0.2, 0.25) is 0 Å². The Morgan fingerprint density at radius 2 is 1.93 bits per heavy atom. The van der Waals surface area contributed by atoms with Crippen LogP contribution in [-0.4, -0.2) is 43.1 Å². The maximum absolute atomic E-state index is 12.5. The lowest BCUT2D eigenvalue weighted by molar-refractivity contribution is -0.122. The van der Waals surface area contributed by atoms with Crippen molar-refractivity contribution >= 4 is 33.6 Å². The summed E-state index contributed by atoms with van der Waals surface area (Å²) < 4.78 is 6.32. The Bertz CT molecular complexity index is 838. The second-order valence-electron chi connectivity index (χ2n) is 6.91. The third-order valence-electron chi connectivity index (χ3n) is 4.67. The molecule has 0 bridgehead atoms. The minimum atomic E-state index is -0.373. The summed E-state index contributed by atoms with van der Waals surface area (Å²) in [5.74, 6) is 0.595. The second kappa shape index (κ2) is 10.4. The topological polar surface area (TPSA) is 83.6 Å². The lowest BCUT2D eigenvalue weighted by atomic mass is 10.0. The number of halogens is 1. The first-order valence-corrected chi connectivity index (χ1v) is 10.4. The summed E-state index contributed by atoms with van der Waals surface area (Å²) in [6.45, 7) is 4.88. The molecule has 1 unspecified atom stereocenters. The summed E-state index contributed by atoms with van der Waals surface area (Å²) in [4.78, 5) is 30.7. The number of hydrogen-bond donors (Lipinski definition) is 2. The van der Waals surface area contributed by atoms with Gasteiger partial charge >= 0.3 is 0 Å². The van der Waals surface area contributed by atoms with Crippen molar-refractivity contribution in [2.24, 2.45) is 0 Å². The lowest BCUT2D eigenvalue weighted by Gasteiger charge is -2.28. The van der Waals surface area contributed by atoms with Crippen LogP contribution in [0.25, 0.3) is 0 Å². The molecule has 3 rings (SSSR count). The monoisotopic (exact) mass is 460 g/mol. The highest BCUT2D eigenvalue weighted by Gasteiger charge is 2.17. The average Bonchev–Trinajstić information content (AvgIpc) is 2.73. The van der Waals surface area contributed by atoms with Crippen LogP contribution in [0.1, 0.15) is 30.5 Å². The molecular formula is C21H25BrN4O3. The van der Waals surface area contributed by atoms with Gasteiger partial charge in [-0.3, -0.25) is 9.59 Å². The summed E-state index contributed by atoms with van der Waals surface area (Å²) in [5.41, 5.74) is 1.87. The number of benzene rings is 1. The van der Waals surface area contributed by atoms with E-state index < -0.39 is 0 Å². The van der Waals surface area contributed by atoms with Crippen molar-refractivity contribution < 1.29 is 14.3 Å². The Balaban J connectivity index is 1.58. The standard InChI is InChI=1S/C21H25BrN4O3/c1-15(27)25-19(17-2-4-18(22)5-3-17)13-21(28)24-14-16-6-7-23-20(12-16)26-8-10-29-11-9-26/h2-7,12,19H,8-11,13-14H2,1H3,(H,24,28)(H,25,27). The van der Waals surface area contributed by atoms with Gasteiger partial charge in [-0.15, -0.1) is 0 Å². The smallest absolute Gasteiger partial charge is 0.222 e. The Kier molecular flexibility index (Phi) is 7.60. The summed E-state index contributed by atoms with van der Waals surface area (Å²) in [5, 5.41) is 5.80. The normalized spacial score (nSPS) is 14.9. The summed E-state index contributed by atoms with van der Waals surface area (Å²) in [7, 11) is 0. The van der Waals surface area contributed by atoms with Gasteiger partial charge in [0, 0.05) is 37.2 Å². The van der Waals surface area contributed by atoms with Gasteiger partial charge in [0.2, 0.25) is 11.8 Å². The highest BCUT2D eigenvalue weighted by atomic mass is 79.9. The van der Waals surface area contributed by atoms with Crippen molar-refractivity contribution in [2.45, 2.75) is 25.9 Å². The molecule has 1 atom stereocenters. The minimum Gasteiger partial charge on any atom is -0.378 e. The van der Waals surface area contributed by atoms with Gasteiger partial charge < -0.3 is 20.3 Å². The molecule has 8 heteroatoms. The van der Waals surface area contributed by atoms with Crippen molar-refractivity contribution in [3.05, 3.63) is 58.2 Å². The number of nitrogens with one attached hydrogen (secondary N) is 2. The number of anilines is 1. The average molecular weight is 461 g/mol. The van der Waals surface area contributed by atoms with Gasteiger partial charge in [0.25, 0.3) is 0 Å². The molecule has 7 nitrogen and oxygen atoms in total. The van der Waals surface area contributed by atoms with Gasteiger partial charge in [0.15, 0.2) is 0 Å². The maximum atomic E-state index is 12.5. The molecule has 1 aliphatic heterocycles. The highest BCUT2D eigenvalue weighted by molar-refractivity contribution is 9.10. The Labute approximate surface area is 179 Å². The number of pyridine rings is 1. The van der Waals surface area contributed by atoms with Crippen LogP contribution in [0.15, 0.2) is 47.1 Å². The third kappa shape index (κ3) is 6.54. The molecule has 1 aromatic heterocycles. The molecule has 1 saturated heterocycles. The molecule has 2 heterocycles. The lowest BCUT2D eigenvalue weighted by Crippen LogP contribution is -2.36. The first-order valence-electron chi connectivity index (χ1n) is 9.58. The van der Waals surface area contributed by atoms with E-state index in [1.807, 2.05) is 36.4 Å². The zero-order valence-electron chi connectivity index (χ0n) is 16.4. The zero-order chi connectivity index (χ0) is 20.6. The van der Waals surface area contributed by atoms with Crippen LogP contribution >= 0.6 is 15.9 Å². The van der Waals surface area contributed by atoms with Gasteiger partial charge in [-0.2, -0.15) is 0 Å². The van der Waals surface area contributed by atoms with Crippen molar-refractivity contribution in [3.8, 4) is 0 Å². The summed E-state index contributed by atoms with van der Waals surface area (Å²) in [6, 6.07) is 11.1. The van der Waals surface area contributed by atoms with Gasteiger partial charge in [-0.05, 0) is 35.4 Å². The van der Waals surface area contributed by atoms with E-state index in [1.54, 1.807) is 6.20 Å². The molecule has 29 heavy (non-hydrogen) atoms. The van der Waals surface area contributed by atoms with Crippen molar-refractivity contribution in [1.82, 2.24) is 15.6 Å². The number of amides is 2. The first-order chi connectivity index (χ1) is 14.0. The number of carbonyl (C=O) groups is 2. The van der Waals surface area contributed by atoms with Crippen LogP contribution in [0, 0.1) is 0 Å². The molecule has 1 aromatic carbocycles. The molecule has 0 aliphatic carbocycles. The van der Waals surface area contributed by atoms with E-state index in [1.165, 1.54) is 6.92 Å². The number of ether oxygens (including phenoxy) is 1. The fourth-order valence-corrected chi connectivity index (χ4v) is 3.45. The fraction of sp³-hybridized carbons (Fsp3) is 0.381. The molecule has 2 amide bonds. The van der Waals surface area contributed by atoms with Gasteiger partial charge in [-0.25, -0.2) is 4.98 Å². The number of aromatic nitrogens is 1. The zero-order valence-corrected chi connectivity index (χ0v) is 17.9. The largest absolute Gasteiger partial charge is 0.378 e. The molecular weight excluding hydrogens is 436 g/mol. The number of morpholine rings is 1. The van der Waals surface area contributed by atoms with E-state index >= 15 is 0 Å². The Morgan fingerprint density at radius 1 is 1.21 bits per heavy atom. The van der Waals surface area contributed by atoms with Crippen LogP contribution in [-0.2, 0) is 20.9 Å². The molecule has 1 fully saturated rings. The maximum Gasteiger partial charge on any atom is 0.222 e. The number of carbonyl (C=O) groups excluding carboxylic acids is 2. The van der Waals surface area contributed by atoms with Crippen molar-refractivity contribution in [3.63, 3.8) is 0 Å². The van der Waals surface area contributed by atoms with Crippen molar-refractivity contribution in [2.75, 3.05) is 31.2 Å². The predicted octanol–water partition coefficient (Wildman–Crippen LogP) is 2.56. The fourth-order valence-electron chi connectivity index (χ4n) is 3.19. The van der Waals surface area contributed by atoms with E-state index in [9.17, 15) is 9.59 Å². The third-order valence-corrected chi connectivity index (χ3v) is 5.20. The number of hydrogen-bond acceptors (Lipinski definition) is 5. The molecule has 154 valence electrons. The van der Waals surface area contributed by atoms with Gasteiger partial charge in [-0.1, -0.05) is 28.1 Å². The molecule has 0 spiro atoms.